The van der Waals surface area contributed by atoms with Gasteiger partial charge >= 0.3 is 0 Å². The number of hydrogen-bond donors (Lipinski definition) is 1. The Bertz CT molecular complexity index is 213. The van der Waals surface area contributed by atoms with E-state index < -0.39 is 0 Å². The lowest BCUT2D eigenvalue weighted by atomic mass is 10.3. The minimum atomic E-state index is -0.253. The minimum absolute atomic E-state index is 0.253. The average Bonchev–Trinajstić information content (AvgIpc) is 1.94. The summed E-state index contributed by atoms with van der Waals surface area (Å²) in [4.78, 5) is 3.83. The number of nitrogens with one attached hydrogen (secondary N) is 1. The third kappa shape index (κ3) is 1.51. The first-order valence-electron chi connectivity index (χ1n) is 3.08. The van der Waals surface area contributed by atoms with Gasteiger partial charge in [0.2, 0.25) is 0 Å². The molecule has 10 heavy (non-hydrogen) atoms. The van der Waals surface area contributed by atoms with Crippen molar-refractivity contribution in [2.24, 2.45) is 0 Å². The topological polar surface area (TPSA) is 24.9 Å². The van der Waals surface area contributed by atoms with E-state index in [1.54, 1.807) is 19.3 Å². The molecular weight excluding hydrogens is 131 g/mol. The molecule has 0 spiro atoms. The standard InChI is InChI=1S/C7H9FN2/c1-9-5-7-6(8)3-2-4-10-7/h2-4,9H,5H2,1H3. The Morgan fingerprint density at radius 3 is 3.10 bits per heavy atom. The van der Waals surface area contributed by atoms with Crippen LogP contribution in [-0.4, -0.2) is 12.0 Å². The number of nitrogens with zero attached hydrogens (tertiary/aromatic N) is 1. The lowest BCUT2D eigenvalue weighted by Gasteiger charge is -1.98. The molecule has 0 unspecified atom stereocenters. The van der Waals surface area contributed by atoms with Crippen LogP contribution in [0.4, 0.5) is 4.39 Å². The second-order valence-electron chi connectivity index (χ2n) is 1.96. The molecule has 0 fully saturated rings. The molecule has 0 aromatic carbocycles. The average molecular weight is 140 g/mol. The molecule has 0 bridgehead atoms. The largest absolute Gasteiger partial charge is 0.314 e. The normalized spacial score (nSPS) is 9.80. The quantitative estimate of drug-likeness (QED) is 0.661. The molecule has 0 aliphatic heterocycles. The third-order valence-corrected chi connectivity index (χ3v) is 1.18. The number of hydrogen-bond acceptors (Lipinski definition) is 2. The molecule has 0 amide bonds. The highest BCUT2D eigenvalue weighted by Crippen LogP contribution is 2.00. The van der Waals surface area contributed by atoms with Crippen molar-refractivity contribution in [1.82, 2.24) is 10.3 Å². The molecule has 3 heteroatoms. The molecule has 0 aliphatic rings. The molecule has 0 aliphatic carbocycles. The summed E-state index contributed by atoms with van der Waals surface area (Å²) >= 11 is 0. The first-order valence-corrected chi connectivity index (χ1v) is 3.08. The van der Waals surface area contributed by atoms with E-state index in [0.29, 0.717) is 12.2 Å². The van der Waals surface area contributed by atoms with Gasteiger partial charge < -0.3 is 5.32 Å². The lowest BCUT2D eigenvalue weighted by Crippen LogP contribution is -2.08. The van der Waals surface area contributed by atoms with E-state index in [2.05, 4.69) is 10.3 Å². The number of pyridine rings is 1. The summed E-state index contributed by atoms with van der Waals surface area (Å²) < 4.78 is 12.7. The van der Waals surface area contributed by atoms with E-state index in [-0.39, 0.29) is 5.82 Å². The first kappa shape index (κ1) is 7.15. The van der Waals surface area contributed by atoms with Crippen LogP contribution < -0.4 is 5.32 Å². The molecule has 1 N–H and O–H groups in total. The molecule has 0 saturated carbocycles. The predicted octanol–water partition coefficient (Wildman–Crippen LogP) is 0.940. The summed E-state index contributed by atoms with van der Waals surface area (Å²) in [5.74, 6) is -0.253. The number of halogens is 1. The second kappa shape index (κ2) is 3.27. The van der Waals surface area contributed by atoms with Crippen LogP contribution in [0, 0.1) is 5.82 Å². The molecule has 1 rings (SSSR count). The van der Waals surface area contributed by atoms with Crippen molar-refractivity contribution in [3.8, 4) is 0 Å². The zero-order chi connectivity index (χ0) is 7.40. The maximum absolute atomic E-state index is 12.7. The van der Waals surface area contributed by atoms with E-state index in [4.69, 9.17) is 0 Å². The van der Waals surface area contributed by atoms with Crippen LogP contribution in [0.15, 0.2) is 18.3 Å². The molecule has 0 saturated heterocycles. The van der Waals surface area contributed by atoms with Crippen LogP contribution in [-0.2, 0) is 6.54 Å². The van der Waals surface area contributed by atoms with Gasteiger partial charge in [0.15, 0.2) is 0 Å². The van der Waals surface area contributed by atoms with Crippen molar-refractivity contribution in [3.05, 3.63) is 29.8 Å². The molecule has 54 valence electrons. The predicted molar refractivity (Wildman–Crippen MR) is 37.0 cm³/mol. The maximum atomic E-state index is 12.7. The highest BCUT2D eigenvalue weighted by atomic mass is 19.1. The van der Waals surface area contributed by atoms with Crippen LogP contribution in [0.1, 0.15) is 5.69 Å². The summed E-state index contributed by atoms with van der Waals surface area (Å²) in [5.41, 5.74) is 0.463. The van der Waals surface area contributed by atoms with Crippen LogP contribution in [0.5, 0.6) is 0 Å². The summed E-state index contributed by atoms with van der Waals surface area (Å²) in [6.45, 7) is 0.479. The van der Waals surface area contributed by atoms with Crippen molar-refractivity contribution in [2.75, 3.05) is 7.05 Å². The van der Waals surface area contributed by atoms with Gasteiger partial charge in [-0.25, -0.2) is 4.39 Å². The Morgan fingerprint density at radius 1 is 1.70 bits per heavy atom. The Balaban J connectivity index is 2.81. The zero-order valence-corrected chi connectivity index (χ0v) is 5.76. The SMILES string of the molecule is CNCc1ncccc1F. The molecule has 2 nitrogen and oxygen atoms in total. The monoisotopic (exact) mass is 140 g/mol. The molecule has 0 radical (unpaired) electrons. The number of rotatable bonds is 2. The third-order valence-electron chi connectivity index (χ3n) is 1.18. The van der Waals surface area contributed by atoms with Crippen molar-refractivity contribution >= 4 is 0 Å². The first-order chi connectivity index (χ1) is 4.84. The second-order valence-corrected chi connectivity index (χ2v) is 1.96. The Labute approximate surface area is 59.1 Å². The van der Waals surface area contributed by atoms with Gasteiger partial charge in [-0.1, -0.05) is 0 Å². The Hall–Kier alpha value is -0.960. The van der Waals surface area contributed by atoms with E-state index in [1.165, 1.54) is 6.07 Å². The summed E-state index contributed by atoms with van der Waals surface area (Å²) in [5, 5.41) is 2.82. The summed E-state index contributed by atoms with van der Waals surface area (Å²) in [6.07, 6.45) is 1.58. The van der Waals surface area contributed by atoms with E-state index >= 15 is 0 Å². The summed E-state index contributed by atoms with van der Waals surface area (Å²) in [7, 11) is 1.76. The molecule has 1 aromatic heterocycles. The van der Waals surface area contributed by atoms with Gasteiger partial charge in [-0.15, -0.1) is 0 Å². The Morgan fingerprint density at radius 2 is 2.50 bits per heavy atom. The van der Waals surface area contributed by atoms with Gasteiger partial charge in [-0.3, -0.25) is 4.98 Å². The lowest BCUT2D eigenvalue weighted by molar-refractivity contribution is 0.588. The fraction of sp³-hybridized carbons (Fsp3) is 0.286. The zero-order valence-electron chi connectivity index (χ0n) is 5.76. The van der Waals surface area contributed by atoms with Gasteiger partial charge in [-0.05, 0) is 19.2 Å². The smallest absolute Gasteiger partial charge is 0.146 e. The Kier molecular flexibility index (Phi) is 2.34. The van der Waals surface area contributed by atoms with Crippen LogP contribution in [0.25, 0.3) is 0 Å². The van der Waals surface area contributed by atoms with Gasteiger partial charge in [0, 0.05) is 12.7 Å². The highest BCUT2D eigenvalue weighted by molar-refractivity contribution is 5.06. The molecule has 1 heterocycles. The van der Waals surface area contributed by atoms with E-state index in [0.717, 1.165) is 0 Å². The van der Waals surface area contributed by atoms with Gasteiger partial charge in [0.05, 0.1) is 5.69 Å². The van der Waals surface area contributed by atoms with Crippen LogP contribution in [0.3, 0.4) is 0 Å². The number of aromatic nitrogens is 1. The van der Waals surface area contributed by atoms with Gasteiger partial charge in [-0.2, -0.15) is 0 Å². The minimum Gasteiger partial charge on any atom is -0.314 e. The van der Waals surface area contributed by atoms with Crippen molar-refractivity contribution in [3.63, 3.8) is 0 Å². The fourth-order valence-corrected chi connectivity index (χ4v) is 0.716. The van der Waals surface area contributed by atoms with E-state index in [9.17, 15) is 4.39 Å². The van der Waals surface area contributed by atoms with E-state index in [1.807, 2.05) is 0 Å². The van der Waals surface area contributed by atoms with Crippen molar-refractivity contribution in [2.45, 2.75) is 6.54 Å². The van der Waals surface area contributed by atoms with Crippen molar-refractivity contribution in [1.29, 1.82) is 0 Å². The molecule has 0 atom stereocenters. The van der Waals surface area contributed by atoms with Crippen LogP contribution in [0.2, 0.25) is 0 Å². The molecule has 1 aromatic rings. The van der Waals surface area contributed by atoms with Gasteiger partial charge in [0.1, 0.15) is 5.82 Å². The van der Waals surface area contributed by atoms with Gasteiger partial charge in [0.25, 0.3) is 0 Å². The van der Waals surface area contributed by atoms with Crippen LogP contribution >= 0.6 is 0 Å². The highest BCUT2D eigenvalue weighted by Gasteiger charge is 1.97. The molecular formula is C7H9FN2. The summed E-state index contributed by atoms with van der Waals surface area (Å²) in [6, 6.07) is 2.98. The fourth-order valence-electron chi connectivity index (χ4n) is 0.716. The van der Waals surface area contributed by atoms with Crippen molar-refractivity contribution < 1.29 is 4.39 Å². The maximum Gasteiger partial charge on any atom is 0.146 e.